The van der Waals surface area contributed by atoms with Crippen LogP contribution in [0.3, 0.4) is 0 Å². The molecule has 1 aliphatic carbocycles. The van der Waals surface area contributed by atoms with Gasteiger partial charge >= 0.3 is 5.97 Å². The highest BCUT2D eigenvalue weighted by Gasteiger charge is 2.26. The summed E-state index contributed by atoms with van der Waals surface area (Å²) in [4.78, 5) is 29.4. The van der Waals surface area contributed by atoms with Crippen LogP contribution in [0.4, 0.5) is 0 Å². The monoisotopic (exact) mass is 543 g/mol. The van der Waals surface area contributed by atoms with Crippen molar-refractivity contribution in [2.24, 2.45) is 0 Å². The fourth-order valence-corrected chi connectivity index (χ4v) is 5.85. The van der Waals surface area contributed by atoms with Crippen molar-refractivity contribution in [3.05, 3.63) is 137 Å². The van der Waals surface area contributed by atoms with Gasteiger partial charge in [-0.25, -0.2) is 4.79 Å². The molecule has 3 N–H and O–H groups in total. The maximum absolute atomic E-state index is 13.5. The van der Waals surface area contributed by atoms with Crippen molar-refractivity contribution in [2.75, 3.05) is 0 Å². The van der Waals surface area contributed by atoms with Gasteiger partial charge in [0.1, 0.15) is 6.04 Å². The van der Waals surface area contributed by atoms with Crippen molar-refractivity contribution in [2.45, 2.75) is 44.7 Å². The number of aliphatic carboxylic acids is 1. The van der Waals surface area contributed by atoms with Crippen LogP contribution < -0.4 is 5.32 Å². The van der Waals surface area contributed by atoms with E-state index in [1.807, 2.05) is 66.9 Å². The van der Waals surface area contributed by atoms with Crippen molar-refractivity contribution in [1.29, 1.82) is 0 Å². The van der Waals surface area contributed by atoms with E-state index >= 15 is 0 Å². The van der Waals surface area contributed by atoms with Crippen LogP contribution in [0.25, 0.3) is 16.6 Å². The summed E-state index contributed by atoms with van der Waals surface area (Å²) >= 11 is 0. The van der Waals surface area contributed by atoms with Gasteiger partial charge in [-0.2, -0.15) is 0 Å². The minimum Gasteiger partial charge on any atom is -0.480 e. The maximum atomic E-state index is 13.5. The molecule has 2 aromatic heterocycles. The van der Waals surface area contributed by atoms with Gasteiger partial charge in [-0.05, 0) is 54.5 Å². The van der Waals surface area contributed by atoms with Gasteiger partial charge in [0.15, 0.2) is 5.78 Å². The van der Waals surface area contributed by atoms with Crippen LogP contribution in [0.2, 0.25) is 0 Å². The second-order valence-electron chi connectivity index (χ2n) is 10.7. The van der Waals surface area contributed by atoms with Crippen molar-refractivity contribution < 1.29 is 14.7 Å². The van der Waals surface area contributed by atoms with E-state index in [9.17, 15) is 14.7 Å². The molecule has 6 heteroatoms. The van der Waals surface area contributed by atoms with Crippen LogP contribution in [-0.4, -0.2) is 32.5 Å². The Hall–Kier alpha value is -4.84. The van der Waals surface area contributed by atoms with E-state index in [0.29, 0.717) is 17.8 Å². The molecular weight excluding hydrogens is 510 g/mol. The average Bonchev–Trinajstić information content (AvgIpc) is 3.58. The van der Waals surface area contributed by atoms with Gasteiger partial charge in [0.25, 0.3) is 0 Å². The largest absolute Gasteiger partial charge is 0.480 e. The number of carboxylic acid groups (broad SMARTS) is 1. The summed E-state index contributed by atoms with van der Waals surface area (Å²) in [7, 11) is 0. The number of allylic oxidation sites excluding steroid dienone is 1. The van der Waals surface area contributed by atoms with E-state index in [-0.39, 0.29) is 12.2 Å². The molecule has 0 bridgehead atoms. The molecule has 1 atom stereocenters. The smallest absolute Gasteiger partial charge is 0.326 e. The number of aryl methyl sites for hydroxylation is 1. The van der Waals surface area contributed by atoms with Gasteiger partial charge in [0.2, 0.25) is 0 Å². The second kappa shape index (κ2) is 11.7. The lowest BCUT2D eigenvalue weighted by Crippen LogP contribution is -2.38. The first-order valence-electron chi connectivity index (χ1n) is 14.2. The van der Waals surface area contributed by atoms with Crippen molar-refractivity contribution in [3.63, 3.8) is 0 Å². The van der Waals surface area contributed by atoms with E-state index in [4.69, 9.17) is 0 Å². The Balaban J connectivity index is 1.43. The predicted molar refractivity (Wildman–Crippen MR) is 162 cm³/mol. The lowest BCUT2D eigenvalue weighted by Gasteiger charge is -2.22. The third-order valence-electron chi connectivity index (χ3n) is 7.93. The standard InChI is InChI=1S/C35H33N3O3/c39-34(25-13-5-2-6-14-25)21-30(37-31(35(40)41)19-27-22-36-29-17-9-8-16-28(27)29)33-20-26-15-7-10-18-32(26)38(33)23-24-11-3-1-4-12-24/h1-6,8-9,11-14,16-17,20-22,31,36-37H,7,10,15,18-19,23H2,(H,40,41)/b30-21-. The Bertz CT molecular complexity index is 1710. The quantitative estimate of drug-likeness (QED) is 0.140. The third kappa shape index (κ3) is 5.73. The molecule has 0 amide bonds. The Morgan fingerprint density at radius 3 is 2.41 bits per heavy atom. The summed E-state index contributed by atoms with van der Waals surface area (Å²) in [6.07, 6.45) is 7.87. The Labute approximate surface area is 239 Å². The number of aromatic amines is 1. The molecule has 6 nitrogen and oxygen atoms in total. The number of carbonyl (C=O) groups excluding carboxylic acids is 1. The van der Waals surface area contributed by atoms with Crippen molar-refractivity contribution >= 4 is 28.4 Å². The first kappa shape index (κ1) is 26.4. The molecule has 0 fully saturated rings. The number of carboxylic acids is 1. The number of H-pyrrole nitrogens is 1. The molecule has 6 rings (SSSR count). The average molecular weight is 544 g/mol. The molecule has 0 aliphatic heterocycles. The molecule has 3 aromatic carbocycles. The van der Waals surface area contributed by atoms with E-state index < -0.39 is 12.0 Å². The fraction of sp³-hybridized carbons (Fsp3) is 0.200. The minimum atomic E-state index is -0.973. The molecule has 5 aromatic rings. The molecule has 206 valence electrons. The number of nitrogens with one attached hydrogen (secondary N) is 2. The van der Waals surface area contributed by atoms with Crippen molar-refractivity contribution in [1.82, 2.24) is 14.9 Å². The number of nitrogens with zero attached hydrogens (tertiary/aromatic N) is 1. The normalized spacial score (nSPS) is 14.0. The number of para-hydroxylation sites is 1. The van der Waals surface area contributed by atoms with E-state index in [1.165, 1.54) is 11.3 Å². The number of aromatic nitrogens is 2. The Morgan fingerprint density at radius 1 is 0.927 bits per heavy atom. The van der Waals surface area contributed by atoms with Crippen LogP contribution in [0.1, 0.15) is 51.3 Å². The van der Waals surface area contributed by atoms with Crippen LogP contribution in [0.5, 0.6) is 0 Å². The zero-order valence-corrected chi connectivity index (χ0v) is 22.8. The topological polar surface area (TPSA) is 87.1 Å². The fourth-order valence-electron chi connectivity index (χ4n) is 5.85. The highest BCUT2D eigenvalue weighted by molar-refractivity contribution is 6.08. The number of benzene rings is 3. The van der Waals surface area contributed by atoms with Crippen LogP contribution in [0.15, 0.2) is 103 Å². The van der Waals surface area contributed by atoms with Gasteiger partial charge < -0.3 is 20.0 Å². The molecule has 41 heavy (non-hydrogen) atoms. The van der Waals surface area contributed by atoms with Gasteiger partial charge in [-0.1, -0.05) is 78.9 Å². The predicted octanol–water partition coefficient (Wildman–Crippen LogP) is 6.41. The molecule has 1 unspecified atom stereocenters. The highest BCUT2D eigenvalue weighted by Crippen LogP contribution is 2.30. The first-order valence-corrected chi connectivity index (χ1v) is 14.2. The molecule has 0 saturated carbocycles. The molecule has 1 aliphatic rings. The molecule has 0 radical (unpaired) electrons. The number of fused-ring (bicyclic) bond motifs is 2. The van der Waals surface area contributed by atoms with Crippen molar-refractivity contribution in [3.8, 4) is 0 Å². The lowest BCUT2D eigenvalue weighted by atomic mass is 9.98. The first-order chi connectivity index (χ1) is 20.1. The summed E-state index contributed by atoms with van der Waals surface area (Å²) in [6.45, 7) is 0.643. The summed E-state index contributed by atoms with van der Waals surface area (Å²) in [5, 5.41) is 14.7. The number of carbonyl (C=O) groups is 2. The molecule has 0 spiro atoms. The zero-order valence-electron chi connectivity index (χ0n) is 22.8. The summed E-state index contributed by atoms with van der Waals surface area (Å²) in [5.41, 5.74) is 7.48. The minimum absolute atomic E-state index is 0.172. The number of rotatable bonds is 10. The maximum Gasteiger partial charge on any atom is 0.326 e. The van der Waals surface area contributed by atoms with Crippen LogP contribution in [0, 0.1) is 0 Å². The van der Waals surface area contributed by atoms with Gasteiger partial charge in [0.05, 0.1) is 11.4 Å². The summed E-state index contributed by atoms with van der Waals surface area (Å²) < 4.78 is 2.27. The van der Waals surface area contributed by atoms with Gasteiger partial charge in [-0.3, -0.25) is 4.79 Å². The number of hydrogen-bond donors (Lipinski definition) is 3. The number of hydrogen-bond acceptors (Lipinski definition) is 3. The Morgan fingerprint density at radius 2 is 1.63 bits per heavy atom. The Kier molecular flexibility index (Phi) is 7.54. The van der Waals surface area contributed by atoms with Crippen LogP contribution >= 0.6 is 0 Å². The summed E-state index contributed by atoms with van der Waals surface area (Å²) in [5.74, 6) is -1.14. The second-order valence-corrected chi connectivity index (χ2v) is 10.7. The number of ketones is 1. The molecule has 0 saturated heterocycles. The SMILES string of the molecule is O=C(/C=C(\NC(Cc1c[nH]c2ccccc12)C(=O)O)c1cc2c(n1Cc1ccccc1)CCCC2)c1ccccc1. The van der Waals surface area contributed by atoms with E-state index in [2.05, 4.69) is 33.1 Å². The van der Waals surface area contributed by atoms with Crippen LogP contribution in [-0.2, 0) is 30.6 Å². The van der Waals surface area contributed by atoms with E-state index in [0.717, 1.165) is 53.4 Å². The van der Waals surface area contributed by atoms with Gasteiger partial charge in [-0.15, -0.1) is 0 Å². The highest BCUT2D eigenvalue weighted by atomic mass is 16.4. The van der Waals surface area contributed by atoms with Gasteiger partial charge in [0, 0.05) is 47.4 Å². The molecular formula is C35H33N3O3. The lowest BCUT2D eigenvalue weighted by molar-refractivity contribution is -0.139. The zero-order chi connectivity index (χ0) is 28.2. The third-order valence-corrected chi connectivity index (χ3v) is 7.93. The molecule has 2 heterocycles. The van der Waals surface area contributed by atoms with E-state index in [1.54, 1.807) is 18.2 Å². The summed E-state index contributed by atoms with van der Waals surface area (Å²) in [6, 6.07) is 28.5.